The number of nitrogens with zero attached hydrogens (tertiary/aromatic N) is 1. The second-order valence-corrected chi connectivity index (χ2v) is 5.05. The molecule has 2 N–H and O–H groups in total. The highest BCUT2D eigenvalue weighted by Crippen LogP contribution is 2.33. The molecule has 4 heteroatoms. The third-order valence-electron chi connectivity index (χ3n) is 4.22. The van der Waals surface area contributed by atoms with Crippen LogP contribution in [-0.4, -0.2) is 48.6 Å². The number of carbonyl (C=O) groups excluding carboxylic acids is 1. The molecule has 3 rings (SSSR count). The van der Waals surface area contributed by atoms with E-state index in [4.69, 9.17) is 0 Å². The number of hydrogen-bond donors (Lipinski definition) is 2. The van der Waals surface area contributed by atoms with Crippen molar-refractivity contribution in [1.82, 2.24) is 15.5 Å². The standard InChI is InChI=1S/C11H19N3O/c15-10-11(13-5-4-12-10)3-7-14-6-1-2-9(14)8-11/h9,13H,1-8H2,(H,12,15). The van der Waals surface area contributed by atoms with Crippen LogP contribution in [0.2, 0.25) is 0 Å². The van der Waals surface area contributed by atoms with Crippen molar-refractivity contribution < 1.29 is 4.79 Å². The smallest absolute Gasteiger partial charge is 0.240 e. The van der Waals surface area contributed by atoms with E-state index >= 15 is 0 Å². The molecular weight excluding hydrogens is 190 g/mol. The number of carbonyl (C=O) groups is 1. The third-order valence-corrected chi connectivity index (χ3v) is 4.22. The first-order valence-corrected chi connectivity index (χ1v) is 6.08. The van der Waals surface area contributed by atoms with Gasteiger partial charge in [0.05, 0.1) is 0 Å². The Balaban J connectivity index is 1.78. The average molecular weight is 209 g/mol. The summed E-state index contributed by atoms with van der Waals surface area (Å²) in [6.07, 6.45) is 4.58. The van der Waals surface area contributed by atoms with Crippen LogP contribution in [0.4, 0.5) is 0 Å². The molecule has 0 aliphatic carbocycles. The molecule has 1 amide bonds. The number of piperazine rings is 1. The molecule has 0 aromatic rings. The summed E-state index contributed by atoms with van der Waals surface area (Å²) >= 11 is 0. The van der Waals surface area contributed by atoms with Gasteiger partial charge in [-0.25, -0.2) is 0 Å². The van der Waals surface area contributed by atoms with E-state index in [1.165, 1.54) is 19.4 Å². The summed E-state index contributed by atoms with van der Waals surface area (Å²) in [4.78, 5) is 14.5. The van der Waals surface area contributed by atoms with Crippen LogP contribution in [0.15, 0.2) is 0 Å². The summed E-state index contributed by atoms with van der Waals surface area (Å²) in [5.41, 5.74) is -0.232. The molecule has 3 aliphatic rings. The first-order valence-electron chi connectivity index (χ1n) is 6.08. The highest BCUT2D eigenvalue weighted by molar-refractivity contribution is 5.87. The lowest BCUT2D eigenvalue weighted by molar-refractivity contribution is -0.132. The Morgan fingerprint density at radius 2 is 2.27 bits per heavy atom. The van der Waals surface area contributed by atoms with Crippen molar-refractivity contribution in [3.05, 3.63) is 0 Å². The highest BCUT2D eigenvalue weighted by Gasteiger charge is 2.47. The Morgan fingerprint density at radius 1 is 1.33 bits per heavy atom. The number of piperidine rings is 1. The Morgan fingerprint density at radius 3 is 3.13 bits per heavy atom. The molecule has 2 unspecified atom stereocenters. The molecule has 0 bridgehead atoms. The van der Waals surface area contributed by atoms with E-state index in [2.05, 4.69) is 15.5 Å². The minimum atomic E-state index is -0.232. The maximum atomic E-state index is 12.0. The summed E-state index contributed by atoms with van der Waals surface area (Å²) in [6, 6.07) is 0.648. The summed E-state index contributed by atoms with van der Waals surface area (Å²) < 4.78 is 0. The number of rotatable bonds is 0. The zero-order valence-corrected chi connectivity index (χ0v) is 9.09. The van der Waals surface area contributed by atoms with Crippen LogP contribution >= 0.6 is 0 Å². The van der Waals surface area contributed by atoms with Crippen molar-refractivity contribution in [3.8, 4) is 0 Å². The van der Waals surface area contributed by atoms with E-state index in [-0.39, 0.29) is 11.4 Å². The van der Waals surface area contributed by atoms with Gasteiger partial charge in [-0.1, -0.05) is 0 Å². The van der Waals surface area contributed by atoms with Crippen LogP contribution in [0.25, 0.3) is 0 Å². The second kappa shape index (κ2) is 3.46. The summed E-state index contributed by atoms with van der Waals surface area (Å²) in [7, 11) is 0. The predicted molar refractivity (Wildman–Crippen MR) is 57.6 cm³/mol. The molecular formula is C11H19N3O. The quantitative estimate of drug-likeness (QED) is 0.576. The average Bonchev–Trinajstić information content (AvgIpc) is 2.69. The Hall–Kier alpha value is -0.610. The van der Waals surface area contributed by atoms with E-state index in [0.29, 0.717) is 6.04 Å². The molecule has 4 nitrogen and oxygen atoms in total. The van der Waals surface area contributed by atoms with Gasteiger partial charge < -0.3 is 15.5 Å². The fourth-order valence-corrected chi connectivity index (χ4v) is 3.35. The van der Waals surface area contributed by atoms with E-state index < -0.39 is 0 Å². The van der Waals surface area contributed by atoms with Gasteiger partial charge in [-0.2, -0.15) is 0 Å². The van der Waals surface area contributed by atoms with E-state index in [9.17, 15) is 4.79 Å². The van der Waals surface area contributed by atoms with Gasteiger partial charge in [0.1, 0.15) is 5.54 Å². The molecule has 3 aliphatic heterocycles. The van der Waals surface area contributed by atoms with Crippen molar-refractivity contribution in [2.75, 3.05) is 26.2 Å². The van der Waals surface area contributed by atoms with Gasteiger partial charge in [-0.15, -0.1) is 0 Å². The fraction of sp³-hybridized carbons (Fsp3) is 0.909. The van der Waals surface area contributed by atoms with Crippen molar-refractivity contribution >= 4 is 5.91 Å². The van der Waals surface area contributed by atoms with Crippen molar-refractivity contribution in [2.24, 2.45) is 0 Å². The van der Waals surface area contributed by atoms with Crippen LogP contribution in [-0.2, 0) is 4.79 Å². The second-order valence-electron chi connectivity index (χ2n) is 5.05. The van der Waals surface area contributed by atoms with Crippen molar-refractivity contribution in [1.29, 1.82) is 0 Å². The molecule has 3 saturated heterocycles. The highest BCUT2D eigenvalue weighted by atomic mass is 16.2. The van der Waals surface area contributed by atoms with Crippen LogP contribution in [0.3, 0.4) is 0 Å². The van der Waals surface area contributed by atoms with Gasteiger partial charge in [-0.3, -0.25) is 4.79 Å². The summed E-state index contributed by atoms with van der Waals surface area (Å²) in [5, 5.41) is 6.46. The molecule has 0 radical (unpaired) electrons. The zero-order valence-electron chi connectivity index (χ0n) is 9.09. The zero-order chi connectivity index (χ0) is 10.3. The van der Waals surface area contributed by atoms with Crippen LogP contribution in [0.5, 0.6) is 0 Å². The van der Waals surface area contributed by atoms with E-state index in [1.54, 1.807) is 0 Å². The Kier molecular flexibility index (Phi) is 2.21. The first kappa shape index (κ1) is 9.60. The topological polar surface area (TPSA) is 44.4 Å². The lowest BCUT2D eigenvalue weighted by atomic mass is 9.81. The van der Waals surface area contributed by atoms with Gasteiger partial charge in [0.2, 0.25) is 5.91 Å². The number of hydrogen-bond acceptors (Lipinski definition) is 3. The Bertz CT molecular complexity index is 281. The van der Waals surface area contributed by atoms with Crippen LogP contribution in [0, 0.1) is 0 Å². The van der Waals surface area contributed by atoms with Gasteiger partial charge in [0, 0.05) is 25.7 Å². The van der Waals surface area contributed by atoms with Crippen LogP contribution < -0.4 is 10.6 Å². The molecule has 0 saturated carbocycles. The third kappa shape index (κ3) is 1.47. The number of amides is 1. The largest absolute Gasteiger partial charge is 0.353 e. The van der Waals surface area contributed by atoms with E-state index in [0.717, 1.165) is 32.5 Å². The van der Waals surface area contributed by atoms with Crippen molar-refractivity contribution in [3.63, 3.8) is 0 Å². The first-order chi connectivity index (χ1) is 7.30. The molecule has 0 aromatic heterocycles. The van der Waals surface area contributed by atoms with E-state index in [1.807, 2.05) is 0 Å². The fourth-order valence-electron chi connectivity index (χ4n) is 3.35. The molecule has 1 spiro atoms. The van der Waals surface area contributed by atoms with Crippen LogP contribution in [0.1, 0.15) is 25.7 Å². The molecule has 3 fully saturated rings. The monoisotopic (exact) mass is 209 g/mol. The van der Waals surface area contributed by atoms with Gasteiger partial charge in [0.25, 0.3) is 0 Å². The SMILES string of the molecule is O=C1NCCNC12CCN1CCCC1C2. The number of fused-ring (bicyclic) bond motifs is 1. The lowest BCUT2D eigenvalue weighted by Crippen LogP contribution is -2.67. The minimum Gasteiger partial charge on any atom is -0.353 e. The van der Waals surface area contributed by atoms with Crippen molar-refractivity contribution in [2.45, 2.75) is 37.3 Å². The molecule has 2 atom stereocenters. The predicted octanol–water partition coefficient (Wildman–Crippen LogP) is -0.297. The normalized spacial score (nSPS) is 41.6. The van der Waals surface area contributed by atoms with Gasteiger partial charge in [0.15, 0.2) is 0 Å². The molecule has 15 heavy (non-hydrogen) atoms. The van der Waals surface area contributed by atoms with Gasteiger partial charge >= 0.3 is 0 Å². The number of nitrogens with one attached hydrogen (secondary N) is 2. The summed E-state index contributed by atoms with van der Waals surface area (Å²) in [5.74, 6) is 0.236. The molecule has 84 valence electrons. The van der Waals surface area contributed by atoms with Gasteiger partial charge in [-0.05, 0) is 32.2 Å². The maximum Gasteiger partial charge on any atom is 0.240 e. The summed E-state index contributed by atoms with van der Waals surface area (Å²) in [6.45, 7) is 4.04. The molecule has 0 aromatic carbocycles. The molecule has 3 heterocycles. The Labute approximate surface area is 90.4 Å². The lowest BCUT2D eigenvalue weighted by Gasteiger charge is -2.45. The minimum absolute atomic E-state index is 0.232. The maximum absolute atomic E-state index is 12.0.